The Hall–Kier alpha value is -2.55. The summed E-state index contributed by atoms with van der Waals surface area (Å²) in [5.41, 5.74) is 5.72. The van der Waals surface area contributed by atoms with Gasteiger partial charge in [0.2, 0.25) is 0 Å². The van der Waals surface area contributed by atoms with Gasteiger partial charge in [-0.25, -0.2) is 4.98 Å². The Morgan fingerprint density at radius 1 is 1.04 bits per heavy atom. The number of aryl methyl sites for hydroxylation is 1. The van der Waals surface area contributed by atoms with E-state index in [0.717, 1.165) is 29.2 Å². The van der Waals surface area contributed by atoms with E-state index >= 15 is 0 Å². The van der Waals surface area contributed by atoms with Gasteiger partial charge in [-0.15, -0.1) is 0 Å². The third-order valence-electron chi connectivity index (χ3n) is 4.75. The molecule has 1 aromatic carbocycles. The van der Waals surface area contributed by atoms with Gasteiger partial charge in [-0.3, -0.25) is 4.40 Å². The van der Waals surface area contributed by atoms with Crippen molar-refractivity contribution < 1.29 is 0 Å². The van der Waals surface area contributed by atoms with Crippen molar-refractivity contribution in [3.05, 3.63) is 65.5 Å². The molecular weight excluding hydrogens is 342 g/mol. The Kier molecular flexibility index (Phi) is 5.38. The quantitative estimate of drug-likeness (QED) is 0.529. The summed E-state index contributed by atoms with van der Waals surface area (Å²) in [5.74, 6) is 1.07. The predicted octanol–water partition coefficient (Wildman–Crippen LogP) is 6.83. The third kappa shape index (κ3) is 4.83. The van der Waals surface area contributed by atoms with Crippen LogP contribution in [0.4, 0.5) is 5.82 Å². The molecule has 0 atom stereocenters. The van der Waals surface area contributed by atoms with Gasteiger partial charge >= 0.3 is 0 Å². The Bertz CT molecular complexity index is 986. The lowest BCUT2D eigenvalue weighted by molar-refractivity contribution is 0.302. The highest BCUT2D eigenvalue weighted by Gasteiger charge is 2.28. The molecule has 0 aliphatic rings. The van der Waals surface area contributed by atoms with Gasteiger partial charge in [-0.2, -0.15) is 0 Å². The maximum atomic E-state index is 4.96. The van der Waals surface area contributed by atoms with Crippen LogP contribution in [0.1, 0.15) is 64.8 Å². The van der Waals surface area contributed by atoms with Crippen molar-refractivity contribution in [3.8, 4) is 0 Å². The largest absolute Gasteiger partial charge is 0.364 e. The molecule has 0 spiro atoms. The number of nitrogens with zero attached hydrogens (tertiary/aromatic N) is 2. The van der Waals surface area contributed by atoms with Crippen LogP contribution >= 0.6 is 0 Å². The highest BCUT2D eigenvalue weighted by molar-refractivity contribution is 5.85. The normalized spacial score (nSPS) is 13.2. The van der Waals surface area contributed by atoms with Gasteiger partial charge in [0.05, 0.1) is 0 Å². The first kappa shape index (κ1) is 20.2. The first-order chi connectivity index (χ1) is 13.0. The van der Waals surface area contributed by atoms with Crippen LogP contribution in [0.15, 0.2) is 48.7 Å². The van der Waals surface area contributed by atoms with Gasteiger partial charge < -0.3 is 5.32 Å². The molecule has 0 saturated carbocycles. The first-order valence-corrected chi connectivity index (χ1v) is 10.0. The minimum absolute atomic E-state index is 0.0558. The van der Waals surface area contributed by atoms with Crippen LogP contribution in [0.5, 0.6) is 0 Å². The molecule has 3 heteroatoms. The molecule has 0 fully saturated rings. The number of fused-ring (bicyclic) bond motifs is 1. The van der Waals surface area contributed by atoms with Crippen molar-refractivity contribution in [2.45, 2.75) is 60.4 Å². The van der Waals surface area contributed by atoms with E-state index in [2.05, 4.69) is 107 Å². The molecule has 0 unspecified atom stereocenters. The molecule has 2 aromatic heterocycles. The summed E-state index contributed by atoms with van der Waals surface area (Å²) in [6.45, 7) is 15.7. The Morgan fingerprint density at radius 3 is 2.36 bits per heavy atom. The minimum Gasteiger partial charge on any atom is -0.364 e. The zero-order valence-electron chi connectivity index (χ0n) is 18.3. The molecule has 3 aromatic rings. The number of allylic oxidation sites excluding steroid dienone is 1. The molecule has 0 saturated heterocycles. The summed E-state index contributed by atoms with van der Waals surface area (Å²) in [6, 6.07) is 14.6. The van der Waals surface area contributed by atoms with Crippen LogP contribution in [0, 0.1) is 12.3 Å². The summed E-state index contributed by atoms with van der Waals surface area (Å²) in [7, 11) is 0. The molecule has 1 N–H and O–H groups in total. The lowest BCUT2D eigenvalue weighted by Gasteiger charge is -2.34. The molecule has 2 heterocycles. The van der Waals surface area contributed by atoms with Gasteiger partial charge in [0.25, 0.3) is 0 Å². The lowest BCUT2D eigenvalue weighted by Crippen LogP contribution is -2.36. The van der Waals surface area contributed by atoms with Crippen molar-refractivity contribution in [1.29, 1.82) is 0 Å². The molecule has 3 rings (SSSR count). The summed E-state index contributed by atoms with van der Waals surface area (Å²) in [4.78, 5) is 4.96. The zero-order valence-corrected chi connectivity index (χ0v) is 18.3. The van der Waals surface area contributed by atoms with E-state index in [4.69, 9.17) is 4.98 Å². The number of rotatable bonds is 5. The maximum Gasteiger partial charge on any atom is 0.139 e. The lowest BCUT2D eigenvalue weighted by atomic mass is 9.82. The van der Waals surface area contributed by atoms with E-state index < -0.39 is 0 Å². The van der Waals surface area contributed by atoms with E-state index in [-0.39, 0.29) is 11.0 Å². The Morgan fingerprint density at radius 2 is 1.71 bits per heavy atom. The zero-order chi connectivity index (χ0) is 20.5. The fourth-order valence-electron chi connectivity index (χ4n) is 4.10. The topological polar surface area (TPSA) is 29.3 Å². The molecule has 28 heavy (non-hydrogen) atoms. The Balaban J connectivity index is 2.10. The van der Waals surface area contributed by atoms with Crippen LogP contribution in [0.2, 0.25) is 0 Å². The van der Waals surface area contributed by atoms with E-state index in [0.29, 0.717) is 0 Å². The van der Waals surface area contributed by atoms with Crippen LogP contribution in [0.25, 0.3) is 17.3 Å². The van der Waals surface area contributed by atoms with Crippen molar-refractivity contribution in [2.75, 3.05) is 5.32 Å². The fraction of sp³-hybridized carbons (Fsp3) is 0.400. The molecular formula is C25H33N3. The number of benzene rings is 1. The third-order valence-corrected chi connectivity index (χ3v) is 4.75. The summed E-state index contributed by atoms with van der Waals surface area (Å²) >= 11 is 0. The standard InChI is InChI=1S/C25H33N3/c1-18-13-14-21-26-22(19(2)15-20-11-9-8-10-12-20)23(28(21)16-18)27-25(6,7)17-24(3,4)5/h8-16,27H,17H2,1-7H3. The van der Waals surface area contributed by atoms with Crippen molar-refractivity contribution >= 4 is 23.1 Å². The molecule has 0 bridgehead atoms. The number of pyridine rings is 1. The van der Waals surface area contributed by atoms with Gasteiger partial charge in [0, 0.05) is 11.7 Å². The van der Waals surface area contributed by atoms with Crippen LogP contribution in [-0.2, 0) is 0 Å². The van der Waals surface area contributed by atoms with Crippen molar-refractivity contribution in [3.63, 3.8) is 0 Å². The summed E-state index contributed by atoms with van der Waals surface area (Å²) < 4.78 is 2.19. The number of anilines is 1. The summed E-state index contributed by atoms with van der Waals surface area (Å²) in [5, 5.41) is 3.82. The number of imidazole rings is 1. The van der Waals surface area contributed by atoms with Crippen molar-refractivity contribution in [2.24, 2.45) is 5.41 Å². The van der Waals surface area contributed by atoms with Crippen molar-refractivity contribution in [1.82, 2.24) is 9.38 Å². The van der Waals surface area contributed by atoms with Gasteiger partial charge in [-0.1, -0.05) is 57.2 Å². The van der Waals surface area contributed by atoms with E-state index in [9.17, 15) is 0 Å². The highest BCUT2D eigenvalue weighted by atomic mass is 15.2. The predicted molar refractivity (Wildman–Crippen MR) is 122 cm³/mol. The fourth-order valence-corrected chi connectivity index (χ4v) is 4.10. The second-order valence-corrected chi connectivity index (χ2v) is 9.73. The number of hydrogen-bond donors (Lipinski definition) is 1. The average Bonchev–Trinajstić information content (AvgIpc) is 2.91. The number of aromatic nitrogens is 2. The molecule has 148 valence electrons. The second-order valence-electron chi connectivity index (χ2n) is 9.73. The number of hydrogen-bond acceptors (Lipinski definition) is 2. The van der Waals surface area contributed by atoms with Gasteiger partial charge in [-0.05, 0) is 68.4 Å². The van der Waals surface area contributed by atoms with Gasteiger partial charge in [0.15, 0.2) is 0 Å². The van der Waals surface area contributed by atoms with E-state index in [1.54, 1.807) is 0 Å². The van der Waals surface area contributed by atoms with E-state index in [1.807, 2.05) is 6.07 Å². The van der Waals surface area contributed by atoms with E-state index in [1.165, 1.54) is 11.1 Å². The second kappa shape index (κ2) is 7.46. The van der Waals surface area contributed by atoms with Crippen LogP contribution in [-0.4, -0.2) is 14.9 Å². The molecule has 0 radical (unpaired) electrons. The summed E-state index contributed by atoms with van der Waals surface area (Å²) in [6.07, 6.45) is 5.42. The highest BCUT2D eigenvalue weighted by Crippen LogP contribution is 2.33. The first-order valence-electron chi connectivity index (χ1n) is 10.0. The molecule has 0 amide bonds. The number of nitrogens with one attached hydrogen (secondary N) is 1. The molecule has 3 nitrogen and oxygen atoms in total. The smallest absolute Gasteiger partial charge is 0.139 e. The SMILES string of the molecule is CC(=Cc1ccccc1)c1nc2ccc(C)cn2c1NC(C)(C)CC(C)(C)C. The van der Waals surface area contributed by atoms with Crippen LogP contribution < -0.4 is 5.32 Å². The van der Waals surface area contributed by atoms with Gasteiger partial charge in [0.1, 0.15) is 17.2 Å². The monoisotopic (exact) mass is 375 g/mol. The molecule has 0 aliphatic heterocycles. The minimum atomic E-state index is -0.0558. The maximum absolute atomic E-state index is 4.96. The van der Waals surface area contributed by atoms with Crippen LogP contribution in [0.3, 0.4) is 0 Å². The Labute approximate surface area is 169 Å². The molecule has 0 aliphatic carbocycles. The average molecular weight is 376 g/mol.